The van der Waals surface area contributed by atoms with E-state index >= 15 is 0 Å². The van der Waals surface area contributed by atoms with Gasteiger partial charge in [-0.3, -0.25) is 4.79 Å². The molecule has 0 aromatic rings. The van der Waals surface area contributed by atoms with Crippen molar-refractivity contribution in [2.75, 3.05) is 45.9 Å². The fraction of sp³-hybridized carbons (Fsp3) is 0.947. The van der Waals surface area contributed by atoms with Crippen molar-refractivity contribution in [3.63, 3.8) is 0 Å². The predicted molar refractivity (Wildman–Crippen MR) is 108 cm³/mol. The highest BCUT2D eigenvalue weighted by Crippen LogP contribution is 2.44. The number of carbonyl (C=O) groups is 1. The van der Waals surface area contributed by atoms with Crippen molar-refractivity contribution in [1.82, 2.24) is 15.5 Å². The third-order valence-corrected chi connectivity index (χ3v) is 6.95. The second kappa shape index (κ2) is 9.92. The van der Waals surface area contributed by atoms with E-state index in [9.17, 15) is 4.79 Å². The molecular formula is C19H35Cl2N3O2. The number of amides is 1. The fourth-order valence-electron chi connectivity index (χ4n) is 5.37. The first-order valence-electron chi connectivity index (χ1n) is 10.1. The molecule has 1 saturated carbocycles. The Labute approximate surface area is 170 Å². The molecule has 3 saturated heterocycles. The number of halogens is 2. The van der Waals surface area contributed by atoms with Crippen molar-refractivity contribution in [1.29, 1.82) is 0 Å². The molecule has 3 aliphatic heterocycles. The molecule has 3 atom stereocenters. The maximum absolute atomic E-state index is 13.0. The first kappa shape index (κ1) is 22.2. The van der Waals surface area contributed by atoms with Crippen LogP contribution in [0.3, 0.4) is 0 Å². The Kier molecular flexibility index (Phi) is 8.48. The molecule has 3 heterocycles. The van der Waals surface area contributed by atoms with E-state index in [0.29, 0.717) is 17.9 Å². The summed E-state index contributed by atoms with van der Waals surface area (Å²) in [5.41, 5.74) is -0.101. The van der Waals surface area contributed by atoms with Crippen LogP contribution in [0.1, 0.15) is 44.9 Å². The number of rotatable bonds is 4. The number of piperidine rings is 1. The van der Waals surface area contributed by atoms with Gasteiger partial charge in [-0.1, -0.05) is 12.8 Å². The first-order valence-corrected chi connectivity index (χ1v) is 10.1. The first-order chi connectivity index (χ1) is 11.8. The van der Waals surface area contributed by atoms with E-state index < -0.39 is 0 Å². The summed E-state index contributed by atoms with van der Waals surface area (Å²) in [4.78, 5) is 15.6. The summed E-state index contributed by atoms with van der Waals surface area (Å²) in [6, 6.07) is 0.381. The molecular weight excluding hydrogens is 373 g/mol. The van der Waals surface area contributed by atoms with Crippen LogP contribution in [-0.2, 0) is 9.53 Å². The van der Waals surface area contributed by atoms with Crippen molar-refractivity contribution < 1.29 is 9.53 Å². The molecule has 152 valence electrons. The maximum atomic E-state index is 13.0. The van der Waals surface area contributed by atoms with E-state index in [0.717, 1.165) is 64.6 Å². The third-order valence-electron chi connectivity index (χ3n) is 6.95. The molecule has 0 aromatic carbocycles. The Bertz CT molecular complexity index is 454. The second-order valence-electron chi connectivity index (χ2n) is 8.51. The van der Waals surface area contributed by atoms with E-state index in [1.165, 1.54) is 32.2 Å². The molecule has 7 heteroatoms. The molecule has 4 fully saturated rings. The highest BCUT2D eigenvalue weighted by Gasteiger charge is 2.50. The van der Waals surface area contributed by atoms with E-state index in [2.05, 4.69) is 15.5 Å². The van der Waals surface area contributed by atoms with Gasteiger partial charge < -0.3 is 20.3 Å². The summed E-state index contributed by atoms with van der Waals surface area (Å²) >= 11 is 0. The molecule has 0 radical (unpaired) electrons. The Hall–Kier alpha value is -0.0700. The van der Waals surface area contributed by atoms with Gasteiger partial charge >= 0.3 is 0 Å². The second-order valence-corrected chi connectivity index (χ2v) is 8.51. The van der Waals surface area contributed by atoms with Gasteiger partial charge in [0.25, 0.3) is 0 Å². The minimum absolute atomic E-state index is 0. The quantitative estimate of drug-likeness (QED) is 0.749. The smallest absolute Gasteiger partial charge is 0.228 e. The number of likely N-dealkylation sites (tertiary alicyclic amines) is 1. The predicted octanol–water partition coefficient (Wildman–Crippen LogP) is 2.23. The number of carbonyl (C=O) groups excluding carboxylic acids is 1. The zero-order valence-electron chi connectivity index (χ0n) is 15.7. The van der Waals surface area contributed by atoms with E-state index in [4.69, 9.17) is 4.74 Å². The van der Waals surface area contributed by atoms with E-state index in [-0.39, 0.29) is 30.2 Å². The van der Waals surface area contributed by atoms with Crippen LogP contribution in [0.5, 0.6) is 0 Å². The molecule has 5 nitrogen and oxygen atoms in total. The lowest BCUT2D eigenvalue weighted by molar-refractivity contribution is -0.135. The van der Waals surface area contributed by atoms with Gasteiger partial charge in [0.2, 0.25) is 5.91 Å². The average molecular weight is 408 g/mol. The SMILES string of the molecule is Cl.Cl.O=C(NC1CCN(CC2CCOC2)CC1)[C@@]12CCCC[C@H]1CNC2. The Balaban J connectivity index is 0.00000121. The van der Waals surface area contributed by atoms with Gasteiger partial charge in [0.15, 0.2) is 0 Å². The summed E-state index contributed by atoms with van der Waals surface area (Å²) in [5, 5.41) is 6.92. The molecule has 2 N–H and O–H groups in total. The number of hydrogen-bond donors (Lipinski definition) is 2. The molecule has 26 heavy (non-hydrogen) atoms. The van der Waals surface area contributed by atoms with Crippen LogP contribution in [0, 0.1) is 17.3 Å². The van der Waals surface area contributed by atoms with Crippen molar-refractivity contribution in [3.05, 3.63) is 0 Å². The normalized spacial score (nSPS) is 35.2. The number of nitrogens with one attached hydrogen (secondary N) is 2. The van der Waals surface area contributed by atoms with Gasteiger partial charge in [-0.2, -0.15) is 0 Å². The lowest BCUT2D eigenvalue weighted by Crippen LogP contribution is -2.53. The Morgan fingerprint density at radius 2 is 1.96 bits per heavy atom. The van der Waals surface area contributed by atoms with Gasteiger partial charge in [0, 0.05) is 38.8 Å². The Morgan fingerprint density at radius 3 is 2.69 bits per heavy atom. The van der Waals surface area contributed by atoms with Gasteiger partial charge in [0.1, 0.15) is 0 Å². The average Bonchev–Trinajstić information content (AvgIpc) is 3.26. The topological polar surface area (TPSA) is 53.6 Å². The molecule has 1 unspecified atom stereocenters. The summed E-state index contributed by atoms with van der Waals surface area (Å²) in [5.74, 6) is 1.64. The summed E-state index contributed by atoms with van der Waals surface area (Å²) in [6.45, 7) is 7.23. The summed E-state index contributed by atoms with van der Waals surface area (Å²) < 4.78 is 5.49. The van der Waals surface area contributed by atoms with Crippen LogP contribution in [0.25, 0.3) is 0 Å². The Morgan fingerprint density at radius 1 is 1.15 bits per heavy atom. The van der Waals surface area contributed by atoms with Gasteiger partial charge in [-0.05, 0) is 50.5 Å². The number of nitrogens with zero attached hydrogens (tertiary/aromatic N) is 1. The van der Waals surface area contributed by atoms with Crippen LogP contribution >= 0.6 is 24.8 Å². The monoisotopic (exact) mass is 407 g/mol. The van der Waals surface area contributed by atoms with Crippen LogP contribution < -0.4 is 10.6 Å². The van der Waals surface area contributed by atoms with Crippen LogP contribution in [-0.4, -0.2) is 62.8 Å². The highest BCUT2D eigenvalue weighted by molar-refractivity contribution is 5.85. The van der Waals surface area contributed by atoms with Crippen LogP contribution in [0.2, 0.25) is 0 Å². The minimum atomic E-state index is -0.101. The molecule has 4 rings (SSSR count). The largest absolute Gasteiger partial charge is 0.381 e. The lowest BCUT2D eigenvalue weighted by Gasteiger charge is -2.40. The molecule has 0 spiro atoms. The minimum Gasteiger partial charge on any atom is -0.381 e. The zero-order chi connectivity index (χ0) is 16.4. The summed E-state index contributed by atoms with van der Waals surface area (Å²) in [6.07, 6.45) is 8.24. The number of ether oxygens (including phenoxy) is 1. The van der Waals surface area contributed by atoms with Crippen LogP contribution in [0.4, 0.5) is 0 Å². The van der Waals surface area contributed by atoms with Gasteiger partial charge in [0.05, 0.1) is 12.0 Å². The molecule has 0 bridgehead atoms. The highest BCUT2D eigenvalue weighted by atomic mass is 35.5. The van der Waals surface area contributed by atoms with Crippen LogP contribution in [0.15, 0.2) is 0 Å². The molecule has 1 amide bonds. The lowest BCUT2D eigenvalue weighted by atomic mass is 9.67. The molecule has 1 aliphatic carbocycles. The summed E-state index contributed by atoms with van der Waals surface area (Å²) in [7, 11) is 0. The number of hydrogen-bond acceptors (Lipinski definition) is 4. The molecule has 4 aliphatic rings. The van der Waals surface area contributed by atoms with Crippen molar-refractivity contribution in [2.24, 2.45) is 17.3 Å². The van der Waals surface area contributed by atoms with Gasteiger partial charge in [-0.15, -0.1) is 24.8 Å². The van der Waals surface area contributed by atoms with Crippen molar-refractivity contribution in [3.8, 4) is 0 Å². The van der Waals surface area contributed by atoms with E-state index in [1.807, 2.05) is 0 Å². The van der Waals surface area contributed by atoms with Crippen molar-refractivity contribution in [2.45, 2.75) is 51.0 Å². The van der Waals surface area contributed by atoms with Gasteiger partial charge in [-0.25, -0.2) is 0 Å². The zero-order valence-corrected chi connectivity index (χ0v) is 17.3. The standard InChI is InChI=1S/C19H33N3O2.2ClH/c23-18(19-7-2-1-3-16(19)11-20-14-19)21-17-4-8-22(9-5-17)12-15-6-10-24-13-15;;/h15-17,20H,1-14H2,(H,21,23);2*1H/t15?,16-,19+;;/m0../s1. The van der Waals surface area contributed by atoms with E-state index in [1.54, 1.807) is 0 Å². The third kappa shape index (κ3) is 4.67. The fourth-order valence-corrected chi connectivity index (χ4v) is 5.37. The number of fused-ring (bicyclic) bond motifs is 1. The maximum Gasteiger partial charge on any atom is 0.228 e. The molecule has 0 aromatic heterocycles. The van der Waals surface area contributed by atoms with Crippen molar-refractivity contribution >= 4 is 30.7 Å².